The normalized spacial score (nSPS) is 12.4. The first-order chi connectivity index (χ1) is 29.9. The topological polar surface area (TPSA) is 58.2 Å². The average Bonchev–Trinajstić information content (AvgIpc) is 3.23. The van der Waals surface area contributed by atoms with Crippen LogP contribution in [0.25, 0.3) is 0 Å². The molecule has 0 aromatic carbocycles. The summed E-state index contributed by atoms with van der Waals surface area (Å²) in [6.07, 6.45) is 38.1. The van der Waals surface area contributed by atoms with Crippen molar-refractivity contribution < 1.29 is 18.6 Å². The number of unbranched alkanes of at least 4 members (excludes halogenated alkanes) is 24. The van der Waals surface area contributed by atoms with E-state index in [4.69, 9.17) is 0 Å². The van der Waals surface area contributed by atoms with Crippen LogP contribution in [0.2, 0.25) is 0 Å². The zero-order valence-electron chi connectivity index (χ0n) is 43.7. The van der Waals surface area contributed by atoms with Gasteiger partial charge in [-0.25, -0.2) is 0 Å². The van der Waals surface area contributed by atoms with E-state index in [2.05, 4.69) is 79.9 Å². The summed E-state index contributed by atoms with van der Waals surface area (Å²) in [5.41, 5.74) is 0. The van der Waals surface area contributed by atoms with Crippen LogP contribution >= 0.6 is 21.6 Å². The molecule has 2 amide bonds. The Bertz CT molecular complexity index is 913. The molecule has 0 aliphatic heterocycles. The van der Waals surface area contributed by atoms with Crippen LogP contribution in [-0.4, -0.2) is 95.7 Å². The molecule has 0 aliphatic rings. The second kappa shape index (κ2) is 42.0. The summed E-state index contributed by atoms with van der Waals surface area (Å²) in [5.74, 6) is 2.57. The fraction of sp³-hybridized carbons (Fsp3) is 0.963. The van der Waals surface area contributed by atoms with E-state index in [-0.39, 0.29) is 11.8 Å². The molecule has 2 N–H and O–H groups in total. The van der Waals surface area contributed by atoms with Gasteiger partial charge in [-0.1, -0.05) is 150 Å². The molecule has 0 heterocycles. The predicted octanol–water partition coefficient (Wildman–Crippen LogP) is 15.6. The van der Waals surface area contributed by atoms with E-state index in [1.54, 1.807) is 0 Å². The van der Waals surface area contributed by atoms with E-state index in [9.17, 15) is 9.59 Å². The Kier molecular flexibility index (Phi) is 41.7. The van der Waals surface area contributed by atoms with Gasteiger partial charge in [-0.15, -0.1) is 0 Å². The van der Waals surface area contributed by atoms with Gasteiger partial charge in [-0.05, 0) is 121 Å². The van der Waals surface area contributed by atoms with E-state index in [0.29, 0.717) is 12.8 Å². The second-order valence-electron chi connectivity index (χ2n) is 20.4. The molecule has 0 aromatic heterocycles. The zero-order valence-corrected chi connectivity index (χ0v) is 45.3. The van der Waals surface area contributed by atoms with Crippen molar-refractivity contribution in [1.82, 2.24) is 10.6 Å². The number of carbonyl (C=O) groups excluding carboxylic acids is 2. The summed E-state index contributed by atoms with van der Waals surface area (Å²) in [6, 6.07) is 2.89. The molecule has 62 heavy (non-hydrogen) atoms. The van der Waals surface area contributed by atoms with E-state index in [1.807, 2.05) is 21.6 Å². The van der Waals surface area contributed by atoms with Crippen molar-refractivity contribution in [2.75, 3.05) is 50.8 Å². The Morgan fingerprint density at radius 1 is 0.355 bits per heavy atom. The summed E-state index contributed by atoms with van der Waals surface area (Å²) in [6.45, 7) is 30.8. The number of amides is 2. The molecule has 0 rings (SSSR count). The number of hydrogen-bond acceptors (Lipinski definition) is 4. The van der Waals surface area contributed by atoms with Crippen LogP contribution in [0.4, 0.5) is 0 Å². The first-order valence-electron chi connectivity index (χ1n) is 27.4. The van der Waals surface area contributed by atoms with Crippen LogP contribution in [0.1, 0.15) is 262 Å². The smallest absolute Gasteiger partial charge is 0.219 e. The molecule has 0 unspecified atom stereocenters. The fourth-order valence-electron chi connectivity index (χ4n) is 10.3. The largest absolute Gasteiger partial charge is 0.356 e. The van der Waals surface area contributed by atoms with Crippen molar-refractivity contribution in [3.8, 4) is 0 Å². The maximum absolute atomic E-state index is 12.2. The molecule has 8 heteroatoms. The van der Waals surface area contributed by atoms with Gasteiger partial charge in [-0.2, -0.15) is 0 Å². The monoisotopic (exact) mass is 913 g/mol. The first-order valence-corrected chi connectivity index (χ1v) is 29.9. The molecular weight excluding hydrogens is 801 g/mol. The van der Waals surface area contributed by atoms with Crippen LogP contribution in [0.3, 0.4) is 0 Å². The van der Waals surface area contributed by atoms with Crippen molar-refractivity contribution in [3.63, 3.8) is 0 Å². The Morgan fingerprint density at radius 2 is 0.581 bits per heavy atom. The van der Waals surface area contributed by atoms with Crippen LogP contribution in [0, 0.1) is 0 Å². The summed E-state index contributed by atoms with van der Waals surface area (Å²) in [7, 11) is 3.78. The number of nitrogens with zero attached hydrogens (tertiary/aromatic N) is 2. The molecule has 0 fully saturated rings. The van der Waals surface area contributed by atoms with Crippen molar-refractivity contribution in [1.29, 1.82) is 0 Å². The Morgan fingerprint density at radius 3 is 0.806 bits per heavy atom. The van der Waals surface area contributed by atoms with Crippen LogP contribution in [0.15, 0.2) is 0 Å². The van der Waals surface area contributed by atoms with E-state index in [0.717, 1.165) is 74.4 Å². The molecule has 0 bridgehead atoms. The van der Waals surface area contributed by atoms with Gasteiger partial charge in [0.25, 0.3) is 0 Å². The zero-order chi connectivity index (χ0) is 46.2. The molecule has 0 atom stereocenters. The third-order valence-electron chi connectivity index (χ3n) is 14.8. The molecular formula is C54H112N4O2S2+2. The van der Waals surface area contributed by atoms with E-state index >= 15 is 0 Å². The molecule has 6 nitrogen and oxygen atoms in total. The number of quaternary nitrogens is 2. The third kappa shape index (κ3) is 31.5. The molecule has 0 aromatic rings. The van der Waals surface area contributed by atoms with Gasteiger partial charge >= 0.3 is 0 Å². The minimum atomic E-state index is 0.223. The van der Waals surface area contributed by atoms with E-state index in [1.165, 1.54) is 189 Å². The average molecular weight is 914 g/mol. The van der Waals surface area contributed by atoms with Gasteiger partial charge in [0.2, 0.25) is 11.8 Å². The quantitative estimate of drug-likeness (QED) is 0.0363. The predicted molar refractivity (Wildman–Crippen MR) is 281 cm³/mol. The molecule has 0 spiro atoms. The third-order valence-corrected chi connectivity index (χ3v) is 17.4. The lowest BCUT2D eigenvalue weighted by molar-refractivity contribution is -0.965. The lowest BCUT2D eigenvalue weighted by Gasteiger charge is -2.45. The summed E-state index contributed by atoms with van der Waals surface area (Å²) in [4.78, 5) is 24.4. The summed E-state index contributed by atoms with van der Waals surface area (Å²) >= 11 is 0. The van der Waals surface area contributed by atoms with Crippen molar-refractivity contribution >= 4 is 33.4 Å². The lowest BCUT2D eigenvalue weighted by Crippen LogP contribution is -2.58. The van der Waals surface area contributed by atoms with Crippen LogP contribution in [0.5, 0.6) is 0 Å². The standard InChI is InChI=1S/C54H110N4O2S2/c1-11-57(49(3)4,50(5)6)45-37-33-29-25-21-17-13-15-19-23-27-31-35-41-53(59)55-43-39-47-61-62-48-40-44-56-54(60)42-36-32-28-24-20-16-14-18-22-26-30-34-38-46-58(12-2,51(7)8)52(9)10/h49-52H,11-48H2,1-10H3/p+2. The minimum absolute atomic E-state index is 0.223. The van der Waals surface area contributed by atoms with E-state index < -0.39 is 0 Å². The summed E-state index contributed by atoms with van der Waals surface area (Å²) in [5, 5.41) is 6.23. The van der Waals surface area contributed by atoms with Gasteiger partial charge in [0.05, 0.1) is 50.3 Å². The summed E-state index contributed by atoms with van der Waals surface area (Å²) < 4.78 is 2.55. The van der Waals surface area contributed by atoms with Crippen molar-refractivity contribution in [2.24, 2.45) is 0 Å². The minimum Gasteiger partial charge on any atom is -0.356 e. The lowest BCUT2D eigenvalue weighted by atomic mass is 10.0. The molecule has 370 valence electrons. The Labute approximate surface area is 397 Å². The number of nitrogens with one attached hydrogen (secondary N) is 2. The molecule has 0 saturated carbocycles. The van der Waals surface area contributed by atoms with Gasteiger partial charge < -0.3 is 19.6 Å². The Hall–Kier alpha value is -0.440. The number of hydrogen-bond donors (Lipinski definition) is 2. The highest BCUT2D eigenvalue weighted by atomic mass is 33.1. The fourth-order valence-corrected chi connectivity index (χ4v) is 12.5. The molecule has 0 radical (unpaired) electrons. The van der Waals surface area contributed by atoms with Gasteiger partial charge in [0.15, 0.2) is 0 Å². The van der Waals surface area contributed by atoms with Gasteiger partial charge in [0.1, 0.15) is 0 Å². The highest BCUT2D eigenvalue weighted by molar-refractivity contribution is 8.76. The number of carbonyl (C=O) groups is 2. The maximum atomic E-state index is 12.2. The van der Waals surface area contributed by atoms with Gasteiger partial charge in [0, 0.05) is 37.4 Å². The second-order valence-corrected chi connectivity index (χ2v) is 23.1. The maximum Gasteiger partial charge on any atom is 0.219 e. The molecule has 0 saturated heterocycles. The highest BCUT2D eigenvalue weighted by Crippen LogP contribution is 2.24. The molecule has 0 aliphatic carbocycles. The van der Waals surface area contributed by atoms with Crippen molar-refractivity contribution in [2.45, 2.75) is 286 Å². The van der Waals surface area contributed by atoms with Crippen molar-refractivity contribution in [3.05, 3.63) is 0 Å². The van der Waals surface area contributed by atoms with Crippen LogP contribution < -0.4 is 10.6 Å². The van der Waals surface area contributed by atoms with Gasteiger partial charge in [-0.3, -0.25) is 9.59 Å². The highest BCUT2D eigenvalue weighted by Gasteiger charge is 2.33. The number of rotatable bonds is 47. The SMILES string of the molecule is CC[N+](CCCCCCCCCCCCCCCC(=O)NCCCSSCCCNC(=O)CCCCCCCCCCCCCCC[N+](CC)(C(C)C)C(C)C)(C(C)C)C(C)C. The Balaban J connectivity index is 3.41. The first kappa shape index (κ1) is 61.6. The van der Waals surface area contributed by atoms with Crippen LogP contribution in [-0.2, 0) is 9.59 Å².